The Labute approximate surface area is 170 Å². The summed E-state index contributed by atoms with van der Waals surface area (Å²) >= 11 is 3.31. The Kier molecular flexibility index (Phi) is 5.09. The molecule has 0 unspecified atom stereocenters. The summed E-state index contributed by atoms with van der Waals surface area (Å²) in [6.07, 6.45) is 3.85. The molecule has 6 nitrogen and oxygen atoms in total. The van der Waals surface area contributed by atoms with Crippen molar-refractivity contribution >= 4 is 44.5 Å². The molecule has 28 heavy (non-hydrogen) atoms. The van der Waals surface area contributed by atoms with Gasteiger partial charge in [-0.05, 0) is 53.0 Å². The largest absolute Gasteiger partial charge is 0.448 e. The minimum absolute atomic E-state index is 0.0428. The number of benzene rings is 1. The average Bonchev–Trinajstić information content (AvgIpc) is 3.40. The summed E-state index contributed by atoms with van der Waals surface area (Å²) in [5.41, 5.74) is 3.21. The molecule has 4 rings (SSSR count). The van der Waals surface area contributed by atoms with E-state index in [9.17, 15) is 9.59 Å². The third-order valence-corrected chi connectivity index (χ3v) is 5.28. The molecule has 0 spiro atoms. The van der Waals surface area contributed by atoms with Crippen LogP contribution in [0.15, 0.2) is 58.1 Å². The lowest BCUT2D eigenvalue weighted by atomic mass is 10.2. The quantitative estimate of drug-likeness (QED) is 0.584. The van der Waals surface area contributed by atoms with Gasteiger partial charge in [-0.1, -0.05) is 6.08 Å². The van der Waals surface area contributed by atoms with Crippen molar-refractivity contribution in [2.45, 2.75) is 19.4 Å². The van der Waals surface area contributed by atoms with E-state index in [2.05, 4.69) is 27.8 Å². The molecule has 1 aliphatic rings. The van der Waals surface area contributed by atoms with E-state index in [1.165, 1.54) is 0 Å². The summed E-state index contributed by atoms with van der Waals surface area (Å²) in [4.78, 5) is 27.1. The monoisotopic (exact) mass is 441 g/mol. The summed E-state index contributed by atoms with van der Waals surface area (Å²) in [5, 5.41) is 2.89. The molecule has 7 heteroatoms. The highest BCUT2D eigenvalue weighted by molar-refractivity contribution is 9.10. The van der Waals surface area contributed by atoms with Crippen molar-refractivity contribution in [3.8, 4) is 0 Å². The lowest BCUT2D eigenvalue weighted by molar-refractivity contribution is 0.0792. The Morgan fingerprint density at radius 3 is 2.57 bits per heavy atom. The molecule has 0 aliphatic carbocycles. The molecule has 0 saturated carbocycles. The van der Waals surface area contributed by atoms with Crippen LogP contribution in [-0.4, -0.2) is 34.4 Å². The van der Waals surface area contributed by atoms with Crippen LogP contribution >= 0.6 is 15.9 Å². The molecular weight excluding hydrogens is 422 g/mol. The van der Waals surface area contributed by atoms with Gasteiger partial charge in [-0.15, -0.1) is 6.58 Å². The number of carbonyl (C=O) groups is 2. The Morgan fingerprint density at radius 2 is 1.89 bits per heavy atom. The molecule has 1 saturated heterocycles. The third-order valence-electron chi connectivity index (χ3n) is 4.89. The highest BCUT2D eigenvalue weighted by Gasteiger charge is 2.20. The molecule has 0 atom stereocenters. The van der Waals surface area contributed by atoms with E-state index >= 15 is 0 Å². The number of allylic oxidation sites excluding steroid dienone is 1. The van der Waals surface area contributed by atoms with Crippen molar-refractivity contribution in [3.63, 3.8) is 0 Å². The minimum Gasteiger partial charge on any atom is -0.448 e. The first-order valence-electron chi connectivity index (χ1n) is 9.17. The zero-order valence-electron chi connectivity index (χ0n) is 15.3. The number of nitrogens with one attached hydrogen (secondary N) is 1. The summed E-state index contributed by atoms with van der Waals surface area (Å²) in [7, 11) is 0. The molecule has 0 bridgehead atoms. The number of furan rings is 1. The second-order valence-corrected chi connectivity index (χ2v) is 7.54. The Morgan fingerprint density at radius 1 is 1.18 bits per heavy atom. The molecule has 1 aromatic carbocycles. The first-order chi connectivity index (χ1) is 13.6. The van der Waals surface area contributed by atoms with Gasteiger partial charge >= 0.3 is 0 Å². The van der Waals surface area contributed by atoms with Crippen LogP contribution in [0.2, 0.25) is 0 Å². The second-order valence-electron chi connectivity index (χ2n) is 6.76. The van der Waals surface area contributed by atoms with E-state index in [1.807, 2.05) is 15.5 Å². The highest BCUT2D eigenvalue weighted by atomic mass is 79.9. The number of likely N-dealkylation sites (tertiary alicyclic amines) is 1. The van der Waals surface area contributed by atoms with Gasteiger partial charge in [0, 0.05) is 43.0 Å². The standard InChI is InChI=1S/C21H20BrN3O3/c1-2-9-25-16-13-19(22)28-18(16)12-17(25)20(26)23-15-7-5-14(6-8-15)21(27)24-10-3-4-11-24/h2,5-8,12-13H,1,3-4,9-11H2,(H,23,26). The van der Waals surface area contributed by atoms with Crippen LogP contribution in [0.4, 0.5) is 5.69 Å². The van der Waals surface area contributed by atoms with Crippen LogP contribution in [-0.2, 0) is 6.54 Å². The number of amides is 2. The normalized spacial score (nSPS) is 13.8. The van der Waals surface area contributed by atoms with Gasteiger partial charge in [-0.25, -0.2) is 0 Å². The number of hydrogen-bond acceptors (Lipinski definition) is 3. The molecule has 1 N–H and O–H groups in total. The minimum atomic E-state index is -0.247. The smallest absolute Gasteiger partial charge is 0.272 e. The molecule has 2 aromatic heterocycles. The van der Waals surface area contributed by atoms with Crippen LogP contribution in [0.5, 0.6) is 0 Å². The fourth-order valence-electron chi connectivity index (χ4n) is 3.52. The summed E-state index contributed by atoms with van der Waals surface area (Å²) in [6, 6.07) is 10.5. The molecule has 1 fully saturated rings. The van der Waals surface area contributed by atoms with E-state index in [-0.39, 0.29) is 11.8 Å². The van der Waals surface area contributed by atoms with E-state index in [1.54, 1.807) is 36.4 Å². The predicted octanol–water partition coefficient (Wildman–Crippen LogP) is 4.67. The number of hydrogen-bond donors (Lipinski definition) is 1. The Bertz CT molecular complexity index is 1040. The number of carbonyl (C=O) groups excluding carboxylic acids is 2. The number of fused-ring (bicyclic) bond motifs is 1. The predicted molar refractivity (Wildman–Crippen MR) is 112 cm³/mol. The molecule has 3 aromatic rings. The second kappa shape index (κ2) is 7.67. The van der Waals surface area contributed by atoms with E-state index < -0.39 is 0 Å². The van der Waals surface area contributed by atoms with Crippen LogP contribution in [0.1, 0.15) is 33.7 Å². The number of anilines is 1. The molecule has 144 valence electrons. The van der Waals surface area contributed by atoms with Crippen molar-refractivity contribution in [2.24, 2.45) is 0 Å². The van der Waals surface area contributed by atoms with Gasteiger partial charge in [0.15, 0.2) is 10.3 Å². The Balaban J connectivity index is 1.52. The van der Waals surface area contributed by atoms with Gasteiger partial charge in [0.1, 0.15) is 5.69 Å². The molecule has 2 amide bonds. The molecule has 0 radical (unpaired) electrons. The van der Waals surface area contributed by atoms with Crippen molar-refractivity contribution < 1.29 is 14.0 Å². The zero-order chi connectivity index (χ0) is 19.7. The number of halogens is 1. The zero-order valence-corrected chi connectivity index (χ0v) is 16.9. The van der Waals surface area contributed by atoms with Gasteiger partial charge in [0.2, 0.25) is 0 Å². The fraction of sp³-hybridized carbons (Fsp3) is 0.238. The van der Waals surface area contributed by atoms with Gasteiger partial charge in [-0.2, -0.15) is 0 Å². The average molecular weight is 442 g/mol. The van der Waals surface area contributed by atoms with E-state index in [4.69, 9.17) is 4.42 Å². The highest BCUT2D eigenvalue weighted by Crippen LogP contribution is 2.27. The van der Waals surface area contributed by atoms with Crippen LogP contribution in [0.3, 0.4) is 0 Å². The summed E-state index contributed by atoms with van der Waals surface area (Å²) < 4.78 is 8.02. The SMILES string of the molecule is C=CCn1c(C(=O)Nc2ccc(C(=O)N3CCCC3)cc2)cc2oc(Br)cc21. The van der Waals surface area contributed by atoms with Crippen molar-refractivity contribution in [1.29, 1.82) is 0 Å². The van der Waals surface area contributed by atoms with Gasteiger partial charge < -0.3 is 19.2 Å². The topological polar surface area (TPSA) is 67.5 Å². The maximum absolute atomic E-state index is 12.8. The van der Waals surface area contributed by atoms with Gasteiger partial charge in [0.25, 0.3) is 11.8 Å². The molecule has 3 heterocycles. The lowest BCUT2D eigenvalue weighted by Crippen LogP contribution is -2.27. The lowest BCUT2D eigenvalue weighted by Gasteiger charge is -2.15. The van der Waals surface area contributed by atoms with Gasteiger partial charge in [-0.3, -0.25) is 9.59 Å². The van der Waals surface area contributed by atoms with Crippen molar-refractivity contribution in [2.75, 3.05) is 18.4 Å². The van der Waals surface area contributed by atoms with Crippen LogP contribution < -0.4 is 5.32 Å². The third kappa shape index (κ3) is 3.49. The maximum Gasteiger partial charge on any atom is 0.272 e. The number of rotatable bonds is 5. The first-order valence-corrected chi connectivity index (χ1v) is 9.96. The fourth-order valence-corrected chi connectivity index (χ4v) is 3.91. The van der Waals surface area contributed by atoms with Crippen molar-refractivity contribution in [1.82, 2.24) is 9.47 Å². The van der Waals surface area contributed by atoms with E-state index in [0.29, 0.717) is 33.7 Å². The molecular formula is C21H20BrN3O3. The van der Waals surface area contributed by atoms with E-state index in [0.717, 1.165) is 31.4 Å². The van der Waals surface area contributed by atoms with Crippen LogP contribution in [0, 0.1) is 0 Å². The first kappa shape index (κ1) is 18.6. The van der Waals surface area contributed by atoms with Crippen molar-refractivity contribution in [3.05, 3.63) is 65.0 Å². The maximum atomic E-state index is 12.8. The van der Waals surface area contributed by atoms with Gasteiger partial charge in [0.05, 0.1) is 5.52 Å². The van der Waals surface area contributed by atoms with Crippen LogP contribution in [0.25, 0.3) is 11.1 Å². The Hall–Kier alpha value is -2.80. The summed E-state index contributed by atoms with van der Waals surface area (Å²) in [5.74, 6) is -0.204. The summed E-state index contributed by atoms with van der Waals surface area (Å²) in [6.45, 7) is 5.88. The molecule has 1 aliphatic heterocycles. The number of nitrogens with zero attached hydrogens (tertiary/aromatic N) is 2. The number of aromatic nitrogens is 1.